The Balaban J connectivity index is 1.52. The molecule has 6 nitrogen and oxygen atoms in total. The van der Waals surface area contributed by atoms with Crippen LogP contribution in [0.4, 0.5) is 10.1 Å². The maximum absolute atomic E-state index is 12.9. The Bertz CT molecular complexity index is 981. The highest BCUT2D eigenvalue weighted by Gasteiger charge is 2.18. The minimum atomic E-state index is -0.419. The van der Waals surface area contributed by atoms with E-state index < -0.39 is 5.91 Å². The number of furan rings is 1. The normalized spacial score (nSPS) is 10.4. The Hall–Kier alpha value is -3.61. The molecule has 1 N–H and O–H groups in total. The number of ether oxygens (including phenoxy) is 1. The van der Waals surface area contributed by atoms with Crippen LogP contribution >= 0.6 is 0 Å². The smallest absolute Gasteiger partial charge is 0.289 e. The van der Waals surface area contributed by atoms with Crippen LogP contribution in [0.3, 0.4) is 0 Å². The second kappa shape index (κ2) is 9.05. The summed E-state index contributed by atoms with van der Waals surface area (Å²) in [5, 5.41) is 2.74. The summed E-state index contributed by atoms with van der Waals surface area (Å²) in [6.45, 7) is 1.94. The Morgan fingerprint density at radius 3 is 2.41 bits per heavy atom. The first kappa shape index (κ1) is 20.1. The van der Waals surface area contributed by atoms with E-state index >= 15 is 0 Å². The van der Waals surface area contributed by atoms with E-state index in [1.165, 1.54) is 42.3 Å². The first-order valence-corrected chi connectivity index (χ1v) is 9.00. The number of aryl methyl sites for hydroxylation is 1. The van der Waals surface area contributed by atoms with E-state index in [0.717, 1.165) is 5.56 Å². The predicted molar refractivity (Wildman–Crippen MR) is 106 cm³/mol. The number of benzene rings is 2. The number of rotatable bonds is 7. The lowest BCUT2D eigenvalue weighted by Gasteiger charge is -2.15. The number of amides is 2. The monoisotopic (exact) mass is 396 g/mol. The van der Waals surface area contributed by atoms with E-state index in [9.17, 15) is 14.0 Å². The number of halogens is 1. The molecule has 7 heteroatoms. The number of likely N-dealkylation sites (N-methyl/N-ethyl adjacent to an activating group) is 1. The van der Waals surface area contributed by atoms with Crippen LogP contribution in [0.1, 0.15) is 21.9 Å². The zero-order chi connectivity index (χ0) is 20.8. The van der Waals surface area contributed by atoms with Gasteiger partial charge in [0.1, 0.15) is 23.9 Å². The molecule has 0 aliphatic heterocycles. The molecule has 1 heterocycles. The molecule has 0 spiro atoms. The van der Waals surface area contributed by atoms with E-state index in [1.54, 1.807) is 18.2 Å². The number of carbonyl (C=O) groups excluding carboxylic acids is 2. The summed E-state index contributed by atoms with van der Waals surface area (Å²) >= 11 is 0. The largest absolute Gasteiger partial charge is 0.486 e. The zero-order valence-electron chi connectivity index (χ0n) is 16.1. The average molecular weight is 396 g/mol. The number of nitrogens with one attached hydrogen (secondary N) is 1. The molecule has 1 aromatic heterocycles. The van der Waals surface area contributed by atoms with E-state index in [2.05, 4.69) is 5.32 Å². The number of hydrogen-bond acceptors (Lipinski definition) is 4. The Kier molecular flexibility index (Phi) is 6.29. The third-order valence-electron chi connectivity index (χ3n) is 4.13. The van der Waals surface area contributed by atoms with Gasteiger partial charge in [-0.1, -0.05) is 17.7 Å². The molecule has 29 heavy (non-hydrogen) atoms. The van der Waals surface area contributed by atoms with Gasteiger partial charge in [-0.25, -0.2) is 4.39 Å². The summed E-state index contributed by atoms with van der Waals surface area (Å²) in [7, 11) is 1.52. The van der Waals surface area contributed by atoms with Gasteiger partial charge >= 0.3 is 0 Å². The van der Waals surface area contributed by atoms with Crippen LogP contribution in [0, 0.1) is 12.7 Å². The second-order valence-corrected chi connectivity index (χ2v) is 6.58. The average Bonchev–Trinajstić information content (AvgIpc) is 3.17. The van der Waals surface area contributed by atoms with Crippen molar-refractivity contribution < 1.29 is 23.1 Å². The third kappa shape index (κ3) is 5.68. The zero-order valence-corrected chi connectivity index (χ0v) is 16.1. The number of nitrogens with zero attached hydrogens (tertiary/aromatic N) is 1. The molecule has 3 rings (SSSR count). The van der Waals surface area contributed by atoms with Crippen LogP contribution in [-0.4, -0.2) is 30.3 Å². The molecule has 3 aromatic rings. The second-order valence-electron chi connectivity index (χ2n) is 6.58. The highest BCUT2D eigenvalue weighted by atomic mass is 19.1. The van der Waals surface area contributed by atoms with Crippen LogP contribution in [0.15, 0.2) is 65.1 Å². The highest BCUT2D eigenvalue weighted by molar-refractivity contribution is 5.97. The Labute approximate surface area is 167 Å². The molecule has 0 unspecified atom stereocenters. The number of hydrogen-bond donors (Lipinski definition) is 1. The van der Waals surface area contributed by atoms with Crippen LogP contribution in [0.25, 0.3) is 0 Å². The van der Waals surface area contributed by atoms with Gasteiger partial charge in [0.25, 0.3) is 5.91 Å². The molecule has 0 saturated carbocycles. The fourth-order valence-corrected chi connectivity index (χ4v) is 2.57. The van der Waals surface area contributed by atoms with Crippen LogP contribution in [-0.2, 0) is 11.4 Å². The minimum absolute atomic E-state index is 0.0938. The van der Waals surface area contributed by atoms with Gasteiger partial charge in [-0.05, 0) is 55.5 Å². The SMILES string of the molecule is Cc1ccc(NC(=O)CN(C)C(=O)c2ccc(COc3ccc(F)cc3)o2)cc1. The summed E-state index contributed by atoms with van der Waals surface area (Å²) < 4.78 is 23.9. The van der Waals surface area contributed by atoms with Gasteiger partial charge in [0, 0.05) is 12.7 Å². The van der Waals surface area contributed by atoms with E-state index in [-0.39, 0.29) is 30.6 Å². The summed E-state index contributed by atoms with van der Waals surface area (Å²) in [6.07, 6.45) is 0. The van der Waals surface area contributed by atoms with Gasteiger partial charge in [0.2, 0.25) is 5.91 Å². The Morgan fingerprint density at radius 2 is 1.72 bits per heavy atom. The summed E-state index contributed by atoms with van der Waals surface area (Å²) in [4.78, 5) is 25.9. The van der Waals surface area contributed by atoms with Gasteiger partial charge in [0.05, 0.1) is 6.54 Å². The molecule has 150 valence electrons. The molecule has 0 aliphatic rings. The first-order chi connectivity index (χ1) is 13.9. The predicted octanol–water partition coefficient (Wildman–Crippen LogP) is 4.02. The highest BCUT2D eigenvalue weighted by Crippen LogP contribution is 2.16. The van der Waals surface area contributed by atoms with Crippen molar-refractivity contribution in [3.8, 4) is 5.75 Å². The molecule has 0 radical (unpaired) electrons. The van der Waals surface area contributed by atoms with Crippen LogP contribution in [0.5, 0.6) is 5.75 Å². The van der Waals surface area contributed by atoms with E-state index in [0.29, 0.717) is 17.2 Å². The van der Waals surface area contributed by atoms with Crippen molar-refractivity contribution in [2.24, 2.45) is 0 Å². The van der Waals surface area contributed by atoms with Gasteiger partial charge in [-0.15, -0.1) is 0 Å². The maximum atomic E-state index is 12.9. The molecule has 0 bridgehead atoms. The van der Waals surface area contributed by atoms with Crippen molar-refractivity contribution >= 4 is 17.5 Å². The Morgan fingerprint density at radius 1 is 1.03 bits per heavy atom. The fourth-order valence-electron chi connectivity index (χ4n) is 2.57. The fraction of sp³-hybridized carbons (Fsp3) is 0.182. The van der Waals surface area contributed by atoms with Crippen molar-refractivity contribution in [1.29, 1.82) is 0 Å². The first-order valence-electron chi connectivity index (χ1n) is 9.00. The lowest BCUT2D eigenvalue weighted by Crippen LogP contribution is -2.34. The van der Waals surface area contributed by atoms with Crippen LogP contribution in [0.2, 0.25) is 0 Å². The molecule has 0 atom stereocenters. The lowest BCUT2D eigenvalue weighted by molar-refractivity contribution is -0.116. The van der Waals surface area contributed by atoms with Crippen molar-refractivity contribution in [2.45, 2.75) is 13.5 Å². The lowest BCUT2D eigenvalue weighted by atomic mass is 10.2. The van der Waals surface area contributed by atoms with Gasteiger partial charge < -0.3 is 19.4 Å². The minimum Gasteiger partial charge on any atom is -0.486 e. The molecular weight excluding hydrogens is 375 g/mol. The number of anilines is 1. The molecule has 2 amide bonds. The van der Waals surface area contributed by atoms with Crippen molar-refractivity contribution in [3.63, 3.8) is 0 Å². The van der Waals surface area contributed by atoms with Crippen molar-refractivity contribution in [1.82, 2.24) is 4.90 Å². The topological polar surface area (TPSA) is 71.8 Å². The standard InChI is InChI=1S/C22H21FN2O4/c1-15-3-7-17(8-4-15)24-21(26)13-25(2)22(27)20-12-11-19(29-20)14-28-18-9-5-16(23)6-10-18/h3-12H,13-14H2,1-2H3,(H,24,26). The molecule has 0 fully saturated rings. The summed E-state index contributed by atoms with van der Waals surface area (Å²) in [6, 6.07) is 16.1. The third-order valence-corrected chi connectivity index (χ3v) is 4.13. The summed E-state index contributed by atoms with van der Waals surface area (Å²) in [5.74, 6) is -0.0463. The molecular formula is C22H21FN2O4. The number of carbonyl (C=O) groups is 2. The van der Waals surface area contributed by atoms with E-state index in [4.69, 9.17) is 9.15 Å². The van der Waals surface area contributed by atoms with Gasteiger partial charge in [-0.3, -0.25) is 9.59 Å². The van der Waals surface area contributed by atoms with Crippen LogP contribution < -0.4 is 10.1 Å². The summed E-state index contributed by atoms with van der Waals surface area (Å²) in [5.41, 5.74) is 1.76. The molecule has 0 aliphatic carbocycles. The van der Waals surface area contributed by atoms with E-state index in [1.807, 2.05) is 19.1 Å². The van der Waals surface area contributed by atoms with Crippen molar-refractivity contribution in [3.05, 3.63) is 83.6 Å². The molecule has 2 aromatic carbocycles. The molecule has 0 saturated heterocycles. The van der Waals surface area contributed by atoms with Crippen molar-refractivity contribution in [2.75, 3.05) is 18.9 Å². The quantitative estimate of drug-likeness (QED) is 0.655. The maximum Gasteiger partial charge on any atom is 0.289 e. The van der Waals surface area contributed by atoms with Gasteiger partial charge in [0.15, 0.2) is 5.76 Å². The van der Waals surface area contributed by atoms with Gasteiger partial charge in [-0.2, -0.15) is 0 Å².